The van der Waals surface area contributed by atoms with Crippen molar-refractivity contribution in [2.45, 2.75) is 12.8 Å². The Kier molecular flexibility index (Phi) is 4.16. The zero-order chi connectivity index (χ0) is 11.5. The molecule has 0 N–H and O–H groups in total. The van der Waals surface area contributed by atoms with E-state index in [4.69, 9.17) is 11.6 Å². The maximum Gasteiger partial charge on any atom is 0.573 e. The van der Waals surface area contributed by atoms with Gasteiger partial charge in [0.05, 0.1) is 5.02 Å². The lowest BCUT2D eigenvalue weighted by molar-refractivity contribution is -0.274. The van der Waals surface area contributed by atoms with E-state index >= 15 is 0 Å². The molecule has 0 saturated heterocycles. The first-order valence-electron chi connectivity index (χ1n) is 4.07. The molecule has 15 heavy (non-hydrogen) atoms. The number of aryl methyl sites for hydroxylation is 1. The van der Waals surface area contributed by atoms with Gasteiger partial charge in [0.15, 0.2) is 0 Å². The molecule has 1 aromatic rings. The molecule has 6 heteroatoms. The normalized spacial score (nSPS) is 11.5. The van der Waals surface area contributed by atoms with Crippen molar-refractivity contribution in [3.05, 3.63) is 28.8 Å². The standard InChI is InChI=1S/C9H8ClF3OS/c10-7-5-6(3-4-15)1-2-8(7)14-9(11,12)13/h1-2,5,15H,3-4H2. The molecular formula is C9H8ClF3OS. The Morgan fingerprint density at radius 3 is 2.47 bits per heavy atom. The summed E-state index contributed by atoms with van der Waals surface area (Å²) in [7, 11) is 0. The molecule has 0 aromatic heterocycles. The third kappa shape index (κ3) is 4.22. The van der Waals surface area contributed by atoms with Crippen LogP contribution in [0.5, 0.6) is 5.75 Å². The second-order valence-corrected chi connectivity index (χ2v) is 3.64. The van der Waals surface area contributed by atoms with Crippen molar-refractivity contribution in [3.63, 3.8) is 0 Å². The van der Waals surface area contributed by atoms with E-state index in [0.29, 0.717) is 12.2 Å². The number of rotatable bonds is 3. The van der Waals surface area contributed by atoms with E-state index in [2.05, 4.69) is 17.4 Å². The molecule has 84 valence electrons. The summed E-state index contributed by atoms with van der Waals surface area (Å²) in [5, 5.41) is -0.0494. The first-order valence-corrected chi connectivity index (χ1v) is 5.08. The molecule has 0 spiro atoms. The van der Waals surface area contributed by atoms with Gasteiger partial charge in [0.2, 0.25) is 0 Å². The minimum absolute atomic E-state index is 0.0494. The highest BCUT2D eigenvalue weighted by Crippen LogP contribution is 2.30. The van der Waals surface area contributed by atoms with E-state index in [1.54, 1.807) is 0 Å². The molecule has 0 heterocycles. The van der Waals surface area contributed by atoms with Crippen molar-refractivity contribution >= 4 is 24.2 Å². The average molecular weight is 257 g/mol. The molecule has 0 unspecified atom stereocenters. The molecular weight excluding hydrogens is 249 g/mol. The number of thiol groups is 1. The lowest BCUT2D eigenvalue weighted by Gasteiger charge is -2.10. The average Bonchev–Trinajstić information content (AvgIpc) is 2.08. The summed E-state index contributed by atoms with van der Waals surface area (Å²) < 4.78 is 39.3. The summed E-state index contributed by atoms with van der Waals surface area (Å²) in [4.78, 5) is 0. The van der Waals surface area contributed by atoms with Gasteiger partial charge >= 0.3 is 6.36 Å². The third-order valence-corrected chi connectivity index (χ3v) is 2.14. The van der Waals surface area contributed by atoms with Crippen LogP contribution in [0, 0.1) is 0 Å². The van der Waals surface area contributed by atoms with E-state index in [9.17, 15) is 13.2 Å². The third-order valence-electron chi connectivity index (χ3n) is 1.62. The smallest absolute Gasteiger partial charge is 0.404 e. The number of hydrogen-bond acceptors (Lipinski definition) is 2. The molecule has 0 aliphatic rings. The number of ether oxygens (including phenoxy) is 1. The quantitative estimate of drug-likeness (QED) is 0.811. The van der Waals surface area contributed by atoms with Gasteiger partial charge in [-0.25, -0.2) is 0 Å². The van der Waals surface area contributed by atoms with Crippen LogP contribution in [0.3, 0.4) is 0 Å². The first-order chi connectivity index (χ1) is 6.92. The van der Waals surface area contributed by atoms with E-state index in [1.807, 2.05) is 0 Å². The summed E-state index contributed by atoms with van der Waals surface area (Å²) in [5.74, 6) is 0.225. The van der Waals surface area contributed by atoms with Gasteiger partial charge < -0.3 is 4.74 Å². The van der Waals surface area contributed by atoms with Gasteiger partial charge in [-0.2, -0.15) is 12.6 Å². The monoisotopic (exact) mass is 256 g/mol. The van der Waals surface area contributed by atoms with Gasteiger partial charge in [-0.05, 0) is 29.9 Å². The highest BCUT2D eigenvalue weighted by molar-refractivity contribution is 7.80. The predicted octanol–water partition coefficient (Wildman–Crippen LogP) is 3.71. The van der Waals surface area contributed by atoms with Crippen LogP contribution >= 0.6 is 24.2 Å². The summed E-state index contributed by atoms with van der Waals surface area (Å²) in [6.45, 7) is 0. The van der Waals surface area contributed by atoms with Gasteiger partial charge in [0, 0.05) is 0 Å². The Morgan fingerprint density at radius 2 is 2.00 bits per heavy atom. The Balaban J connectivity index is 2.84. The summed E-state index contributed by atoms with van der Waals surface area (Å²) in [6.07, 6.45) is -4.07. The topological polar surface area (TPSA) is 9.23 Å². The van der Waals surface area contributed by atoms with Crippen LogP contribution in [-0.4, -0.2) is 12.1 Å². The summed E-state index contributed by atoms with van der Waals surface area (Å²) in [5.41, 5.74) is 0.824. The number of halogens is 4. The first kappa shape index (κ1) is 12.5. The zero-order valence-electron chi connectivity index (χ0n) is 7.51. The molecule has 0 saturated carbocycles. The Bertz CT molecular complexity index is 341. The maximum atomic E-state index is 11.9. The fourth-order valence-electron chi connectivity index (χ4n) is 1.04. The lowest BCUT2D eigenvalue weighted by atomic mass is 10.2. The molecule has 1 aromatic carbocycles. The van der Waals surface area contributed by atoms with Crippen molar-refractivity contribution in [2.75, 3.05) is 5.75 Å². The molecule has 0 aliphatic heterocycles. The van der Waals surface area contributed by atoms with Crippen LogP contribution in [0.1, 0.15) is 5.56 Å². The number of hydrogen-bond donors (Lipinski definition) is 1. The molecule has 0 amide bonds. The van der Waals surface area contributed by atoms with E-state index in [1.165, 1.54) is 18.2 Å². The predicted molar refractivity (Wildman–Crippen MR) is 55.7 cm³/mol. The highest BCUT2D eigenvalue weighted by Gasteiger charge is 2.31. The molecule has 0 atom stereocenters. The van der Waals surface area contributed by atoms with Gasteiger partial charge in [0.1, 0.15) is 5.75 Å². The molecule has 0 fully saturated rings. The zero-order valence-corrected chi connectivity index (χ0v) is 9.16. The fourth-order valence-corrected chi connectivity index (χ4v) is 1.54. The molecule has 0 radical (unpaired) electrons. The van der Waals surface area contributed by atoms with Crippen molar-refractivity contribution in [3.8, 4) is 5.75 Å². The molecule has 1 nitrogen and oxygen atoms in total. The minimum Gasteiger partial charge on any atom is -0.404 e. The lowest BCUT2D eigenvalue weighted by Crippen LogP contribution is -2.17. The van der Waals surface area contributed by atoms with E-state index < -0.39 is 6.36 Å². The summed E-state index contributed by atoms with van der Waals surface area (Å²) >= 11 is 9.63. The Hall–Kier alpha value is -0.550. The van der Waals surface area contributed by atoms with Crippen molar-refractivity contribution in [1.82, 2.24) is 0 Å². The van der Waals surface area contributed by atoms with Gasteiger partial charge in [-0.1, -0.05) is 17.7 Å². The van der Waals surface area contributed by atoms with E-state index in [0.717, 1.165) is 5.56 Å². The van der Waals surface area contributed by atoms with Crippen LogP contribution < -0.4 is 4.74 Å². The fraction of sp³-hybridized carbons (Fsp3) is 0.333. The van der Waals surface area contributed by atoms with Crippen molar-refractivity contribution < 1.29 is 17.9 Å². The Morgan fingerprint density at radius 1 is 1.33 bits per heavy atom. The minimum atomic E-state index is -4.71. The second-order valence-electron chi connectivity index (χ2n) is 2.79. The molecule has 0 bridgehead atoms. The van der Waals surface area contributed by atoms with Gasteiger partial charge in [-0.3, -0.25) is 0 Å². The SMILES string of the molecule is FC(F)(F)Oc1ccc(CCS)cc1Cl. The van der Waals surface area contributed by atoms with Crippen LogP contribution in [0.15, 0.2) is 18.2 Å². The largest absolute Gasteiger partial charge is 0.573 e. The number of alkyl halides is 3. The van der Waals surface area contributed by atoms with Crippen molar-refractivity contribution in [2.24, 2.45) is 0 Å². The molecule has 0 aliphatic carbocycles. The van der Waals surface area contributed by atoms with Gasteiger partial charge in [-0.15, -0.1) is 13.2 Å². The van der Waals surface area contributed by atoms with E-state index in [-0.39, 0.29) is 10.8 Å². The summed E-state index contributed by atoms with van der Waals surface area (Å²) in [6, 6.07) is 4.18. The van der Waals surface area contributed by atoms with Crippen LogP contribution in [0.25, 0.3) is 0 Å². The maximum absolute atomic E-state index is 11.9. The van der Waals surface area contributed by atoms with Crippen LogP contribution in [0.2, 0.25) is 5.02 Å². The van der Waals surface area contributed by atoms with Gasteiger partial charge in [0.25, 0.3) is 0 Å². The number of benzene rings is 1. The molecule has 1 rings (SSSR count). The van der Waals surface area contributed by atoms with Crippen molar-refractivity contribution in [1.29, 1.82) is 0 Å². The second kappa shape index (κ2) is 4.99. The van der Waals surface area contributed by atoms with Crippen LogP contribution in [0.4, 0.5) is 13.2 Å². The Labute approximate surface area is 95.6 Å². The highest BCUT2D eigenvalue weighted by atomic mass is 35.5. The van der Waals surface area contributed by atoms with Crippen LogP contribution in [-0.2, 0) is 6.42 Å².